The molecule has 1 heterocycles. The fraction of sp³-hybridized carbons (Fsp3) is 0.273. The van der Waals surface area contributed by atoms with Crippen LogP contribution in [0.1, 0.15) is 11.1 Å². The van der Waals surface area contributed by atoms with E-state index in [0.717, 1.165) is 18.5 Å². The molecule has 0 amide bonds. The molecule has 0 unspecified atom stereocenters. The molecule has 3 N–H and O–H groups in total. The minimum absolute atomic E-state index is 0.252. The molecule has 0 fully saturated rings. The molecule has 1 aliphatic heterocycles. The number of benzene rings is 1. The van der Waals surface area contributed by atoms with Gasteiger partial charge in [0.1, 0.15) is 0 Å². The third kappa shape index (κ3) is 1.58. The number of nitrogens with one attached hydrogen (secondary N) is 1. The summed E-state index contributed by atoms with van der Waals surface area (Å²) in [7, 11) is 0. The molecule has 1 aliphatic rings. The molecule has 0 aromatic heterocycles. The molecule has 0 radical (unpaired) electrons. The molecule has 2 heteroatoms. The number of rotatable bonds is 1. The predicted octanol–water partition coefficient (Wildman–Crippen LogP) is 1.62. The lowest BCUT2D eigenvalue weighted by molar-refractivity contribution is 0.679. The third-order valence-corrected chi connectivity index (χ3v) is 2.41. The van der Waals surface area contributed by atoms with Crippen LogP contribution in [-0.4, -0.2) is 12.6 Å². The van der Waals surface area contributed by atoms with Crippen molar-refractivity contribution < 1.29 is 0 Å². The van der Waals surface area contributed by atoms with Crippen molar-refractivity contribution in [2.24, 2.45) is 5.73 Å². The van der Waals surface area contributed by atoms with Crippen molar-refractivity contribution in [3.63, 3.8) is 0 Å². The summed E-state index contributed by atoms with van der Waals surface area (Å²) in [4.78, 5) is 0. The van der Waals surface area contributed by atoms with E-state index < -0.39 is 0 Å². The highest BCUT2D eigenvalue weighted by molar-refractivity contribution is 5.61. The van der Waals surface area contributed by atoms with Gasteiger partial charge in [-0.25, -0.2) is 0 Å². The van der Waals surface area contributed by atoms with Gasteiger partial charge in [-0.3, -0.25) is 0 Å². The van der Waals surface area contributed by atoms with E-state index in [1.54, 1.807) is 0 Å². The van der Waals surface area contributed by atoms with Crippen molar-refractivity contribution in [1.29, 1.82) is 0 Å². The molecule has 2 nitrogen and oxygen atoms in total. The summed E-state index contributed by atoms with van der Waals surface area (Å²) < 4.78 is 0. The van der Waals surface area contributed by atoms with Crippen LogP contribution < -0.4 is 11.1 Å². The first-order valence-electron chi connectivity index (χ1n) is 4.54. The van der Waals surface area contributed by atoms with Gasteiger partial charge in [-0.05, 0) is 23.6 Å². The number of nitrogens with two attached hydrogens (primary N) is 1. The Morgan fingerprint density at radius 2 is 2.38 bits per heavy atom. The van der Waals surface area contributed by atoms with Gasteiger partial charge in [-0.15, -0.1) is 0 Å². The molecule has 1 atom stereocenters. The molecule has 1 aromatic carbocycles. The second-order valence-corrected chi connectivity index (χ2v) is 3.47. The van der Waals surface area contributed by atoms with E-state index in [-0.39, 0.29) is 6.04 Å². The molecule has 0 bridgehead atoms. The molecule has 1 aromatic rings. The Morgan fingerprint density at radius 1 is 1.54 bits per heavy atom. The number of hydrogen-bond donors (Lipinski definition) is 2. The largest absolute Gasteiger partial charge is 0.383 e. The molecule has 2 rings (SSSR count). The van der Waals surface area contributed by atoms with Crippen LogP contribution in [0.25, 0.3) is 6.08 Å². The highest BCUT2D eigenvalue weighted by atomic mass is 14.9. The molecule has 68 valence electrons. The van der Waals surface area contributed by atoms with Crippen molar-refractivity contribution in [3.05, 3.63) is 35.9 Å². The summed E-state index contributed by atoms with van der Waals surface area (Å²) in [5.74, 6) is 0. The fourth-order valence-electron chi connectivity index (χ4n) is 1.66. The lowest BCUT2D eigenvalue weighted by Gasteiger charge is -2.23. The highest BCUT2D eigenvalue weighted by Gasteiger charge is 2.13. The maximum absolute atomic E-state index is 5.84. The van der Waals surface area contributed by atoms with E-state index in [1.165, 1.54) is 11.3 Å². The molecule has 0 saturated heterocycles. The van der Waals surface area contributed by atoms with Crippen molar-refractivity contribution in [3.8, 4) is 0 Å². The lowest BCUT2D eigenvalue weighted by atomic mass is 9.98. The normalized spacial score (nSPS) is 20.2. The molecule has 0 saturated carbocycles. The maximum Gasteiger partial charge on any atom is 0.0379 e. The molecular weight excluding hydrogens is 160 g/mol. The molecular formula is C11H14N2. The predicted molar refractivity (Wildman–Crippen MR) is 56.7 cm³/mol. The topological polar surface area (TPSA) is 38.0 Å². The Balaban J connectivity index is 2.36. The summed E-state index contributed by atoms with van der Waals surface area (Å²) >= 11 is 0. The SMILES string of the molecule is C=Cc1ccc2c(c1)NC[C@@H](N)C2. The number of anilines is 1. The first-order chi connectivity index (χ1) is 6.29. The van der Waals surface area contributed by atoms with Gasteiger partial charge in [0.2, 0.25) is 0 Å². The summed E-state index contributed by atoms with van der Waals surface area (Å²) in [6.45, 7) is 4.61. The van der Waals surface area contributed by atoms with Crippen LogP contribution in [0.2, 0.25) is 0 Å². The van der Waals surface area contributed by atoms with Crippen LogP contribution >= 0.6 is 0 Å². The van der Waals surface area contributed by atoms with Crippen molar-refractivity contribution in [2.45, 2.75) is 12.5 Å². The summed E-state index contributed by atoms with van der Waals surface area (Å²) in [6, 6.07) is 6.57. The zero-order valence-electron chi connectivity index (χ0n) is 7.59. The Bertz CT molecular complexity index is 331. The van der Waals surface area contributed by atoms with Crippen molar-refractivity contribution in [1.82, 2.24) is 0 Å². The van der Waals surface area contributed by atoms with Crippen LogP contribution in [0.5, 0.6) is 0 Å². The minimum Gasteiger partial charge on any atom is -0.383 e. The van der Waals surface area contributed by atoms with Crippen LogP contribution in [-0.2, 0) is 6.42 Å². The second kappa shape index (κ2) is 3.23. The zero-order valence-corrected chi connectivity index (χ0v) is 7.59. The molecule has 13 heavy (non-hydrogen) atoms. The van der Waals surface area contributed by atoms with Gasteiger partial charge in [0.25, 0.3) is 0 Å². The first kappa shape index (κ1) is 8.32. The third-order valence-electron chi connectivity index (χ3n) is 2.41. The van der Waals surface area contributed by atoms with Crippen LogP contribution in [0.3, 0.4) is 0 Å². The quantitative estimate of drug-likeness (QED) is 0.679. The maximum atomic E-state index is 5.84. The first-order valence-corrected chi connectivity index (χ1v) is 4.54. The summed E-state index contributed by atoms with van der Waals surface area (Å²) in [5, 5.41) is 3.31. The molecule has 0 spiro atoms. The average Bonchev–Trinajstić information content (AvgIpc) is 2.17. The van der Waals surface area contributed by atoms with Gasteiger partial charge in [0.05, 0.1) is 0 Å². The average molecular weight is 174 g/mol. The Labute approximate surface area is 78.5 Å². The van der Waals surface area contributed by atoms with Gasteiger partial charge in [-0.1, -0.05) is 24.8 Å². The van der Waals surface area contributed by atoms with E-state index >= 15 is 0 Å². The van der Waals surface area contributed by atoms with Crippen molar-refractivity contribution >= 4 is 11.8 Å². The van der Waals surface area contributed by atoms with Gasteiger partial charge < -0.3 is 11.1 Å². The van der Waals surface area contributed by atoms with Gasteiger partial charge >= 0.3 is 0 Å². The zero-order chi connectivity index (χ0) is 9.26. The Hall–Kier alpha value is -1.28. The second-order valence-electron chi connectivity index (χ2n) is 3.47. The van der Waals surface area contributed by atoms with Gasteiger partial charge in [0, 0.05) is 18.3 Å². The highest BCUT2D eigenvalue weighted by Crippen LogP contribution is 2.22. The number of hydrogen-bond acceptors (Lipinski definition) is 2. The monoisotopic (exact) mass is 174 g/mol. The van der Waals surface area contributed by atoms with E-state index in [1.807, 2.05) is 6.08 Å². The van der Waals surface area contributed by atoms with E-state index in [9.17, 15) is 0 Å². The smallest absolute Gasteiger partial charge is 0.0379 e. The summed E-state index contributed by atoms with van der Waals surface area (Å²) in [5.41, 5.74) is 9.51. The van der Waals surface area contributed by atoms with Crippen molar-refractivity contribution in [2.75, 3.05) is 11.9 Å². The summed E-state index contributed by atoms with van der Waals surface area (Å²) in [6.07, 6.45) is 2.83. The van der Waals surface area contributed by atoms with Gasteiger partial charge in [0.15, 0.2) is 0 Å². The lowest BCUT2D eigenvalue weighted by Crippen LogP contribution is -2.35. The van der Waals surface area contributed by atoms with E-state index in [0.29, 0.717) is 0 Å². The minimum atomic E-state index is 0.252. The fourth-order valence-corrected chi connectivity index (χ4v) is 1.66. The molecule has 0 aliphatic carbocycles. The van der Waals surface area contributed by atoms with E-state index in [2.05, 4.69) is 30.1 Å². The van der Waals surface area contributed by atoms with Gasteiger partial charge in [-0.2, -0.15) is 0 Å². The Kier molecular flexibility index (Phi) is 2.07. The van der Waals surface area contributed by atoms with E-state index in [4.69, 9.17) is 5.73 Å². The van der Waals surface area contributed by atoms with Crippen LogP contribution in [0.4, 0.5) is 5.69 Å². The van der Waals surface area contributed by atoms with Crippen LogP contribution in [0.15, 0.2) is 24.8 Å². The van der Waals surface area contributed by atoms with Crippen LogP contribution in [0, 0.1) is 0 Å². The number of fused-ring (bicyclic) bond motifs is 1. The Morgan fingerprint density at radius 3 is 3.15 bits per heavy atom. The standard InChI is InChI=1S/C11H14N2/c1-2-8-3-4-9-6-10(12)7-13-11(9)5-8/h2-5,10,13H,1,6-7,12H2/t10-/m0/s1.